The van der Waals surface area contributed by atoms with Crippen molar-refractivity contribution < 1.29 is 13.2 Å². The monoisotopic (exact) mass is 286 g/mol. The highest BCUT2D eigenvalue weighted by Gasteiger charge is 2.07. The summed E-state index contributed by atoms with van der Waals surface area (Å²) in [6, 6.07) is 7.81. The van der Waals surface area contributed by atoms with E-state index in [2.05, 4.69) is 5.32 Å². The minimum atomic E-state index is -3.40. The highest BCUT2D eigenvalue weighted by Crippen LogP contribution is 2.18. The first-order valence-corrected chi connectivity index (χ1v) is 8.00. The lowest BCUT2D eigenvalue weighted by Crippen LogP contribution is -2.28. The number of primary sulfonamides is 1. The van der Waals surface area contributed by atoms with Crippen LogP contribution >= 0.6 is 0 Å². The minimum absolute atomic E-state index is 0.0636. The number of nitrogens with two attached hydrogens (primary N) is 1. The van der Waals surface area contributed by atoms with Crippen LogP contribution in [0.1, 0.15) is 32.4 Å². The van der Waals surface area contributed by atoms with E-state index in [0.717, 1.165) is 11.3 Å². The Labute approximate surface area is 115 Å². The van der Waals surface area contributed by atoms with Crippen molar-refractivity contribution in [2.75, 3.05) is 12.3 Å². The molecule has 0 aromatic heterocycles. The predicted octanol–water partition coefficient (Wildman–Crippen LogP) is 1.41. The molecule has 0 radical (unpaired) electrons. The van der Waals surface area contributed by atoms with Crippen LogP contribution in [0, 0.1) is 0 Å². The first kappa shape index (κ1) is 15.9. The fraction of sp³-hybridized carbons (Fsp3) is 0.538. The lowest BCUT2D eigenvalue weighted by molar-refractivity contribution is 0.242. The molecule has 19 heavy (non-hydrogen) atoms. The van der Waals surface area contributed by atoms with Crippen molar-refractivity contribution in [2.45, 2.75) is 32.9 Å². The second-order valence-corrected chi connectivity index (χ2v) is 6.51. The summed E-state index contributed by atoms with van der Waals surface area (Å²) < 4.78 is 27.2. The number of benzene rings is 1. The molecule has 0 spiro atoms. The zero-order chi connectivity index (χ0) is 14.5. The topological polar surface area (TPSA) is 81.4 Å². The third-order valence-corrected chi connectivity index (χ3v) is 3.36. The fourth-order valence-corrected chi connectivity index (χ4v) is 2.05. The summed E-state index contributed by atoms with van der Waals surface area (Å²) in [5, 5.41) is 8.06. The van der Waals surface area contributed by atoms with Crippen molar-refractivity contribution >= 4 is 10.0 Å². The van der Waals surface area contributed by atoms with Crippen LogP contribution in [0.4, 0.5) is 0 Å². The van der Waals surface area contributed by atoms with Crippen LogP contribution in [0.25, 0.3) is 0 Å². The molecule has 0 aliphatic rings. The van der Waals surface area contributed by atoms with E-state index < -0.39 is 10.0 Å². The number of nitrogens with one attached hydrogen (secondary N) is 1. The molecule has 1 aromatic carbocycles. The zero-order valence-corrected chi connectivity index (χ0v) is 12.4. The molecular weight excluding hydrogens is 264 g/mol. The van der Waals surface area contributed by atoms with Crippen molar-refractivity contribution in [3.63, 3.8) is 0 Å². The first-order chi connectivity index (χ1) is 8.78. The van der Waals surface area contributed by atoms with Gasteiger partial charge in [-0.15, -0.1) is 0 Å². The Bertz CT molecular complexity index is 483. The van der Waals surface area contributed by atoms with Crippen LogP contribution in [0.5, 0.6) is 5.75 Å². The third kappa shape index (κ3) is 6.56. The molecule has 0 amide bonds. The quantitative estimate of drug-likeness (QED) is 0.794. The maximum absolute atomic E-state index is 10.8. The SMILES string of the molecule is CC(C)Oc1ccc(C(C)NCCS(N)(=O)=O)cc1. The van der Waals surface area contributed by atoms with Gasteiger partial charge in [0.1, 0.15) is 5.75 Å². The predicted molar refractivity (Wildman–Crippen MR) is 76.6 cm³/mol. The van der Waals surface area contributed by atoms with Gasteiger partial charge in [0.15, 0.2) is 0 Å². The maximum atomic E-state index is 10.8. The van der Waals surface area contributed by atoms with E-state index in [1.807, 2.05) is 45.0 Å². The molecule has 5 nitrogen and oxygen atoms in total. The minimum Gasteiger partial charge on any atom is -0.491 e. The van der Waals surface area contributed by atoms with Gasteiger partial charge < -0.3 is 10.1 Å². The molecule has 6 heteroatoms. The van der Waals surface area contributed by atoms with Gasteiger partial charge in [-0.1, -0.05) is 12.1 Å². The average Bonchev–Trinajstić information content (AvgIpc) is 2.27. The summed E-state index contributed by atoms with van der Waals surface area (Å²) in [5.74, 6) is 0.766. The van der Waals surface area contributed by atoms with Gasteiger partial charge in [-0.2, -0.15) is 0 Å². The van der Waals surface area contributed by atoms with Crippen LogP contribution in [0.15, 0.2) is 24.3 Å². The molecule has 0 heterocycles. The number of ether oxygens (including phenoxy) is 1. The first-order valence-electron chi connectivity index (χ1n) is 6.28. The molecule has 108 valence electrons. The smallest absolute Gasteiger partial charge is 0.210 e. The Morgan fingerprint density at radius 2 is 1.79 bits per heavy atom. The molecule has 1 rings (SSSR count). The van der Waals surface area contributed by atoms with Gasteiger partial charge in [0, 0.05) is 12.6 Å². The van der Waals surface area contributed by atoms with Gasteiger partial charge in [0.2, 0.25) is 10.0 Å². The largest absolute Gasteiger partial charge is 0.491 e. The van der Waals surface area contributed by atoms with Crippen molar-refractivity contribution in [3.8, 4) is 5.75 Å². The van der Waals surface area contributed by atoms with Crippen LogP contribution in [-0.2, 0) is 10.0 Å². The Balaban J connectivity index is 2.51. The summed E-state index contributed by atoms with van der Waals surface area (Å²) in [5.41, 5.74) is 1.07. The second-order valence-electron chi connectivity index (χ2n) is 4.78. The second kappa shape index (κ2) is 6.88. The zero-order valence-electron chi connectivity index (χ0n) is 11.6. The molecule has 0 bridgehead atoms. The van der Waals surface area contributed by atoms with Crippen molar-refractivity contribution in [2.24, 2.45) is 5.14 Å². The highest BCUT2D eigenvalue weighted by molar-refractivity contribution is 7.89. The van der Waals surface area contributed by atoms with Crippen LogP contribution in [-0.4, -0.2) is 26.8 Å². The van der Waals surface area contributed by atoms with Crippen molar-refractivity contribution in [3.05, 3.63) is 29.8 Å². The molecule has 0 fully saturated rings. The van der Waals surface area contributed by atoms with Crippen LogP contribution < -0.4 is 15.2 Å². The summed E-state index contributed by atoms with van der Waals surface area (Å²) in [6.45, 7) is 6.27. The third-order valence-electron chi connectivity index (χ3n) is 2.59. The van der Waals surface area contributed by atoms with E-state index in [1.165, 1.54) is 0 Å². The summed E-state index contributed by atoms with van der Waals surface area (Å²) in [4.78, 5) is 0. The molecular formula is C13H22N2O3S. The van der Waals surface area contributed by atoms with E-state index in [0.29, 0.717) is 6.54 Å². The van der Waals surface area contributed by atoms with Crippen molar-refractivity contribution in [1.29, 1.82) is 0 Å². The molecule has 1 unspecified atom stereocenters. The molecule has 0 saturated heterocycles. The van der Waals surface area contributed by atoms with Gasteiger partial charge in [0.25, 0.3) is 0 Å². The molecule has 1 atom stereocenters. The molecule has 3 N–H and O–H groups in total. The Morgan fingerprint density at radius 3 is 2.26 bits per heavy atom. The lowest BCUT2D eigenvalue weighted by atomic mass is 10.1. The Hall–Kier alpha value is -1.11. The normalized spacial score (nSPS) is 13.5. The Morgan fingerprint density at radius 1 is 1.21 bits per heavy atom. The molecule has 0 aliphatic carbocycles. The number of hydrogen-bond acceptors (Lipinski definition) is 4. The van der Waals surface area contributed by atoms with Gasteiger partial charge >= 0.3 is 0 Å². The molecule has 1 aromatic rings. The van der Waals surface area contributed by atoms with E-state index in [1.54, 1.807) is 0 Å². The van der Waals surface area contributed by atoms with E-state index in [-0.39, 0.29) is 17.9 Å². The summed E-state index contributed by atoms with van der Waals surface area (Å²) >= 11 is 0. The summed E-state index contributed by atoms with van der Waals surface area (Å²) in [6.07, 6.45) is 0.149. The number of sulfonamides is 1. The standard InChI is InChI=1S/C13H22N2O3S/c1-10(2)18-13-6-4-12(5-7-13)11(3)15-8-9-19(14,16)17/h4-7,10-11,15H,8-9H2,1-3H3,(H2,14,16,17). The lowest BCUT2D eigenvalue weighted by Gasteiger charge is -2.15. The molecule has 0 aliphatic heterocycles. The maximum Gasteiger partial charge on any atom is 0.210 e. The number of rotatable bonds is 7. The van der Waals surface area contributed by atoms with Crippen LogP contribution in [0.2, 0.25) is 0 Å². The van der Waals surface area contributed by atoms with Gasteiger partial charge in [-0.3, -0.25) is 0 Å². The fourth-order valence-electron chi connectivity index (χ4n) is 1.64. The molecule has 0 saturated carbocycles. The van der Waals surface area contributed by atoms with E-state index >= 15 is 0 Å². The van der Waals surface area contributed by atoms with Gasteiger partial charge in [0.05, 0.1) is 11.9 Å². The van der Waals surface area contributed by atoms with Gasteiger partial charge in [-0.05, 0) is 38.5 Å². The summed E-state index contributed by atoms with van der Waals surface area (Å²) in [7, 11) is -3.40. The highest BCUT2D eigenvalue weighted by atomic mass is 32.2. The van der Waals surface area contributed by atoms with Crippen LogP contribution in [0.3, 0.4) is 0 Å². The van der Waals surface area contributed by atoms with E-state index in [4.69, 9.17) is 9.88 Å². The van der Waals surface area contributed by atoms with E-state index in [9.17, 15) is 8.42 Å². The average molecular weight is 286 g/mol. The number of hydrogen-bond donors (Lipinski definition) is 2. The van der Waals surface area contributed by atoms with Crippen molar-refractivity contribution in [1.82, 2.24) is 5.32 Å². The Kier molecular flexibility index (Phi) is 5.78. The van der Waals surface area contributed by atoms with Gasteiger partial charge in [-0.25, -0.2) is 13.6 Å².